The maximum atomic E-state index is 12.6. The number of fused-ring (bicyclic) bond motifs is 5. The molecule has 0 aromatic rings. The van der Waals surface area contributed by atoms with Crippen molar-refractivity contribution < 1.29 is 4.79 Å². The van der Waals surface area contributed by atoms with Crippen LogP contribution in [-0.4, -0.2) is 12.3 Å². The van der Waals surface area contributed by atoms with Crippen molar-refractivity contribution in [2.75, 3.05) is 6.54 Å². The molecule has 0 heterocycles. The van der Waals surface area contributed by atoms with Gasteiger partial charge in [0.05, 0.1) is 0 Å². The summed E-state index contributed by atoms with van der Waals surface area (Å²) >= 11 is 0. The van der Waals surface area contributed by atoms with E-state index in [9.17, 15) is 4.79 Å². The van der Waals surface area contributed by atoms with Crippen LogP contribution in [-0.2, 0) is 4.79 Å². The molecule has 1 unspecified atom stereocenters. The van der Waals surface area contributed by atoms with Crippen LogP contribution in [0.1, 0.15) is 78.6 Å². The summed E-state index contributed by atoms with van der Waals surface area (Å²) in [6.07, 6.45) is 15.8. The first-order valence-electron chi connectivity index (χ1n) is 11.3. The standard InChI is InChI=1S/C24H39NO/c1-16-14-18-15-17(6-4-5-13-25)9-11-23(18,2)20-10-12-24(3)19(22(16)20)7-8-21(24)26/h4,6,16-20,22H,5,7-15,25H2,1-3H3/b6-4-/t16-,17-,18?,19+,20+,22+,23+,24+/m1/s1. The number of allylic oxidation sites excluding steroid dienone is 1. The monoisotopic (exact) mass is 357 g/mol. The van der Waals surface area contributed by atoms with Gasteiger partial charge in [0.15, 0.2) is 0 Å². The van der Waals surface area contributed by atoms with Crippen molar-refractivity contribution in [3.8, 4) is 0 Å². The van der Waals surface area contributed by atoms with Crippen LogP contribution in [0.25, 0.3) is 0 Å². The van der Waals surface area contributed by atoms with Crippen LogP contribution in [0.15, 0.2) is 12.2 Å². The fraction of sp³-hybridized carbons (Fsp3) is 0.875. The van der Waals surface area contributed by atoms with Crippen molar-refractivity contribution in [3.63, 3.8) is 0 Å². The Bertz CT molecular complexity index is 583. The first kappa shape index (κ1) is 18.7. The molecule has 4 rings (SSSR count). The van der Waals surface area contributed by atoms with Crippen LogP contribution >= 0.6 is 0 Å². The molecule has 0 aromatic carbocycles. The van der Waals surface area contributed by atoms with Gasteiger partial charge in [0.1, 0.15) is 5.78 Å². The molecular formula is C24H39NO. The highest BCUT2D eigenvalue weighted by Crippen LogP contribution is 2.67. The Kier molecular flexibility index (Phi) is 4.87. The van der Waals surface area contributed by atoms with Crippen LogP contribution < -0.4 is 5.73 Å². The van der Waals surface area contributed by atoms with Crippen LogP contribution in [0, 0.1) is 46.3 Å². The largest absolute Gasteiger partial charge is 0.330 e. The summed E-state index contributed by atoms with van der Waals surface area (Å²) in [5.41, 5.74) is 6.18. The van der Waals surface area contributed by atoms with Gasteiger partial charge in [0.2, 0.25) is 0 Å². The molecule has 0 aliphatic heterocycles. The summed E-state index contributed by atoms with van der Waals surface area (Å²) < 4.78 is 0. The number of rotatable bonds is 3. The van der Waals surface area contributed by atoms with Crippen LogP contribution in [0.5, 0.6) is 0 Å². The van der Waals surface area contributed by atoms with Gasteiger partial charge in [0.25, 0.3) is 0 Å². The smallest absolute Gasteiger partial charge is 0.139 e. The van der Waals surface area contributed by atoms with E-state index in [1.165, 1.54) is 38.5 Å². The third-order valence-electron chi connectivity index (χ3n) is 9.52. The van der Waals surface area contributed by atoms with Crippen LogP contribution in [0.2, 0.25) is 0 Å². The normalized spacial score (nSPS) is 51.2. The minimum Gasteiger partial charge on any atom is -0.330 e. The number of carbonyl (C=O) groups is 1. The molecule has 4 fully saturated rings. The minimum atomic E-state index is 0.0147. The predicted octanol–water partition coefficient (Wildman–Crippen LogP) is 5.37. The molecule has 4 aliphatic carbocycles. The molecule has 0 spiro atoms. The third kappa shape index (κ3) is 2.74. The van der Waals surface area contributed by atoms with Gasteiger partial charge in [-0.25, -0.2) is 0 Å². The van der Waals surface area contributed by atoms with Gasteiger partial charge in [-0.3, -0.25) is 4.79 Å². The fourth-order valence-electron chi connectivity index (χ4n) is 8.00. The van der Waals surface area contributed by atoms with Crippen molar-refractivity contribution in [2.24, 2.45) is 52.1 Å². The summed E-state index contributed by atoms with van der Waals surface area (Å²) in [5, 5.41) is 0. The molecule has 146 valence electrons. The SMILES string of the molecule is C[C@@H]1CC2C[C@H](/C=C\CCN)CC[C@]2(C)[C@H]2CC[C@]3(C)C(=O)CC[C@H]3[C@H]12. The molecule has 2 heteroatoms. The first-order chi connectivity index (χ1) is 12.4. The summed E-state index contributed by atoms with van der Waals surface area (Å²) in [7, 11) is 0. The van der Waals surface area contributed by atoms with E-state index in [-0.39, 0.29) is 5.41 Å². The molecule has 0 amide bonds. The Morgan fingerprint density at radius 3 is 2.69 bits per heavy atom. The van der Waals surface area contributed by atoms with E-state index in [1.54, 1.807) is 0 Å². The van der Waals surface area contributed by atoms with Crippen molar-refractivity contribution in [2.45, 2.75) is 78.6 Å². The predicted molar refractivity (Wildman–Crippen MR) is 108 cm³/mol. The number of hydrogen-bond acceptors (Lipinski definition) is 2. The van der Waals surface area contributed by atoms with Crippen molar-refractivity contribution >= 4 is 5.78 Å². The fourth-order valence-corrected chi connectivity index (χ4v) is 8.00. The molecule has 26 heavy (non-hydrogen) atoms. The second kappa shape index (κ2) is 6.76. The Morgan fingerprint density at radius 1 is 1.12 bits per heavy atom. The van der Waals surface area contributed by atoms with Gasteiger partial charge in [-0.1, -0.05) is 32.9 Å². The maximum Gasteiger partial charge on any atom is 0.139 e. The van der Waals surface area contributed by atoms with Crippen LogP contribution in [0.4, 0.5) is 0 Å². The lowest BCUT2D eigenvalue weighted by molar-refractivity contribution is -0.148. The third-order valence-corrected chi connectivity index (χ3v) is 9.52. The van der Waals surface area contributed by atoms with Crippen LogP contribution in [0.3, 0.4) is 0 Å². The van der Waals surface area contributed by atoms with Crippen molar-refractivity contribution in [3.05, 3.63) is 12.2 Å². The molecule has 2 nitrogen and oxygen atoms in total. The lowest BCUT2D eigenvalue weighted by Crippen LogP contribution is -2.56. The van der Waals surface area contributed by atoms with Crippen molar-refractivity contribution in [1.29, 1.82) is 0 Å². The lowest BCUT2D eigenvalue weighted by atomic mass is 9.42. The van der Waals surface area contributed by atoms with Gasteiger partial charge in [-0.2, -0.15) is 0 Å². The van der Waals surface area contributed by atoms with Gasteiger partial charge in [-0.05, 0) is 98.8 Å². The zero-order chi connectivity index (χ0) is 18.5. The second-order valence-electron chi connectivity index (χ2n) is 10.7. The first-order valence-corrected chi connectivity index (χ1v) is 11.3. The van der Waals surface area contributed by atoms with Gasteiger partial charge < -0.3 is 5.73 Å². The summed E-state index contributed by atoms with van der Waals surface area (Å²) in [5.74, 6) is 5.34. The Balaban J connectivity index is 1.55. The molecule has 0 radical (unpaired) electrons. The van der Waals surface area contributed by atoms with E-state index in [1.807, 2.05) is 0 Å². The zero-order valence-electron chi connectivity index (χ0n) is 17.2. The van der Waals surface area contributed by atoms with E-state index >= 15 is 0 Å². The van der Waals surface area contributed by atoms with Gasteiger partial charge in [-0.15, -0.1) is 0 Å². The maximum absolute atomic E-state index is 12.6. The number of hydrogen-bond donors (Lipinski definition) is 1. The van der Waals surface area contributed by atoms with Crippen molar-refractivity contribution in [1.82, 2.24) is 0 Å². The molecular weight excluding hydrogens is 318 g/mol. The van der Waals surface area contributed by atoms with E-state index < -0.39 is 0 Å². The highest BCUT2D eigenvalue weighted by atomic mass is 16.1. The second-order valence-corrected chi connectivity index (χ2v) is 10.7. The number of carbonyl (C=O) groups excluding carboxylic acids is 1. The van der Waals surface area contributed by atoms with E-state index in [0.717, 1.165) is 55.4 Å². The lowest BCUT2D eigenvalue weighted by Gasteiger charge is -2.62. The molecule has 4 aliphatic rings. The van der Waals surface area contributed by atoms with E-state index in [0.29, 0.717) is 17.1 Å². The Morgan fingerprint density at radius 2 is 1.92 bits per heavy atom. The van der Waals surface area contributed by atoms with Gasteiger partial charge in [0, 0.05) is 11.8 Å². The molecule has 0 aromatic heterocycles. The highest BCUT2D eigenvalue weighted by molar-refractivity contribution is 5.87. The summed E-state index contributed by atoms with van der Waals surface area (Å²) in [4.78, 5) is 12.6. The average molecular weight is 358 g/mol. The zero-order valence-corrected chi connectivity index (χ0v) is 17.2. The molecule has 0 saturated heterocycles. The Labute approximate surface area is 160 Å². The summed E-state index contributed by atoms with van der Waals surface area (Å²) in [6, 6.07) is 0. The number of nitrogens with two attached hydrogens (primary N) is 1. The molecule has 0 bridgehead atoms. The minimum absolute atomic E-state index is 0.0147. The quantitative estimate of drug-likeness (QED) is 0.690. The Hall–Kier alpha value is -0.630. The highest BCUT2D eigenvalue weighted by Gasteiger charge is 2.61. The molecule has 2 N–H and O–H groups in total. The van der Waals surface area contributed by atoms with E-state index in [4.69, 9.17) is 5.73 Å². The molecule has 8 atom stereocenters. The van der Waals surface area contributed by atoms with E-state index in [2.05, 4.69) is 32.9 Å². The number of Topliss-reactive ketones (excluding diaryl/α,β-unsaturated/α-hetero) is 1. The summed E-state index contributed by atoms with van der Waals surface area (Å²) in [6.45, 7) is 8.22. The number of ketones is 1. The topological polar surface area (TPSA) is 43.1 Å². The van der Waals surface area contributed by atoms with Gasteiger partial charge >= 0.3 is 0 Å². The molecule has 4 saturated carbocycles. The average Bonchev–Trinajstić information content (AvgIpc) is 2.92.